The van der Waals surface area contributed by atoms with E-state index in [1.807, 2.05) is 4.90 Å². The highest BCUT2D eigenvalue weighted by Gasteiger charge is 2.22. The summed E-state index contributed by atoms with van der Waals surface area (Å²) >= 11 is 1.79. The number of carbonyl (C=O) groups is 1. The monoisotopic (exact) mass is 288 g/mol. The minimum absolute atomic E-state index is 0.180. The second kappa shape index (κ2) is 5.94. The number of nitrogens with two attached hydrogens (primary N) is 1. The van der Waals surface area contributed by atoms with E-state index in [4.69, 9.17) is 5.73 Å². The number of benzene rings is 1. The Hall–Kier alpha value is -1.39. The minimum Gasteiger partial charge on any atom is -0.341 e. The Labute approximate surface area is 123 Å². The third-order valence-electron chi connectivity index (χ3n) is 3.98. The van der Waals surface area contributed by atoms with Crippen LogP contribution in [0.1, 0.15) is 24.8 Å². The number of likely N-dealkylation sites (tertiary alicyclic amines) is 1. The first kappa shape index (κ1) is 13.6. The first-order valence-corrected chi connectivity index (χ1v) is 8.10. The Bertz CT molecular complexity index is 607. The van der Waals surface area contributed by atoms with Gasteiger partial charge in [-0.1, -0.05) is 18.2 Å². The summed E-state index contributed by atoms with van der Waals surface area (Å²) in [6.45, 7) is 1.57. The molecule has 1 aromatic carbocycles. The van der Waals surface area contributed by atoms with Gasteiger partial charge < -0.3 is 10.6 Å². The summed E-state index contributed by atoms with van der Waals surface area (Å²) in [4.78, 5) is 14.0. The van der Waals surface area contributed by atoms with E-state index >= 15 is 0 Å². The number of rotatable bonds is 4. The van der Waals surface area contributed by atoms with Crippen molar-refractivity contribution < 1.29 is 4.79 Å². The summed E-state index contributed by atoms with van der Waals surface area (Å²) in [6, 6.07) is 8.65. The molecule has 20 heavy (non-hydrogen) atoms. The number of carbonyl (C=O) groups excluding carboxylic acids is 1. The number of hydrogen-bond acceptors (Lipinski definition) is 3. The van der Waals surface area contributed by atoms with Crippen LogP contribution in [0.15, 0.2) is 29.6 Å². The van der Waals surface area contributed by atoms with Crippen molar-refractivity contribution in [2.24, 2.45) is 5.73 Å². The largest absolute Gasteiger partial charge is 0.341 e. The second-order valence-electron chi connectivity index (χ2n) is 5.50. The fourth-order valence-corrected chi connectivity index (χ4v) is 3.83. The molecule has 1 amide bonds. The van der Waals surface area contributed by atoms with Crippen LogP contribution >= 0.6 is 11.3 Å². The zero-order valence-electron chi connectivity index (χ0n) is 11.5. The summed E-state index contributed by atoms with van der Waals surface area (Å²) in [6.07, 6.45) is 3.48. The molecule has 0 unspecified atom stereocenters. The number of thiophene rings is 1. The van der Waals surface area contributed by atoms with Crippen molar-refractivity contribution in [1.29, 1.82) is 0 Å². The van der Waals surface area contributed by atoms with Crippen LogP contribution in [0.3, 0.4) is 0 Å². The summed E-state index contributed by atoms with van der Waals surface area (Å²) < 4.78 is 1.33. The van der Waals surface area contributed by atoms with Gasteiger partial charge in [0, 0.05) is 30.3 Å². The van der Waals surface area contributed by atoms with E-state index in [1.165, 1.54) is 15.6 Å². The SMILES string of the molecule is N[C@@H]1CCN(C(=O)CCCc2csc3ccccc23)C1. The fourth-order valence-electron chi connectivity index (χ4n) is 2.83. The zero-order valence-corrected chi connectivity index (χ0v) is 12.4. The predicted octanol–water partition coefficient (Wildman–Crippen LogP) is 2.78. The molecule has 4 heteroatoms. The Morgan fingerprint density at radius 1 is 1.40 bits per heavy atom. The van der Waals surface area contributed by atoms with Crippen LogP contribution in [-0.4, -0.2) is 29.9 Å². The van der Waals surface area contributed by atoms with Crippen LogP contribution in [-0.2, 0) is 11.2 Å². The first-order valence-electron chi connectivity index (χ1n) is 7.22. The van der Waals surface area contributed by atoms with Gasteiger partial charge in [0.2, 0.25) is 5.91 Å². The van der Waals surface area contributed by atoms with Crippen LogP contribution in [0, 0.1) is 0 Å². The molecule has 0 spiro atoms. The molecule has 2 N–H and O–H groups in total. The summed E-state index contributed by atoms with van der Waals surface area (Å²) in [5, 5.41) is 3.56. The molecular formula is C16H20N2OS. The number of aryl methyl sites for hydroxylation is 1. The topological polar surface area (TPSA) is 46.3 Å². The summed E-state index contributed by atoms with van der Waals surface area (Å²) in [7, 11) is 0. The number of fused-ring (bicyclic) bond motifs is 1. The van der Waals surface area contributed by atoms with Crippen LogP contribution in [0.5, 0.6) is 0 Å². The lowest BCUT2D eigenvalue weighted by Gasteiger charge is -2.15. The molecule has 1 atom stereocenters. The average Bonchev–Trinajstić information content (AvgIpc) is 3.06. The fraction of sp³-hybridized carbons (Fsp3) is 0.438. The summed E-state index contributed by atoms with van der Waals surface area (Å²) in [5.41, 5.74) is 7.21. The van der Waals surface area contributed by atoms with Crippen LogP contribution < -0.4 is 5.73 Å². The molecule has 0 aliphatic carbocycles. The second-order valence-corrected chi connectivity index (χ2v) is 6.41. The van der Waals surface area contributed by atoms with Crippen molar-refractivity contribution in [2.75, 3.05) is 13.1 Å². The van der Waals surface area contributed by atoms with Gasteiger partial charge in [-0.05, 0) is 41.7 Å². The van der Waals surface area contributed by atoms with Crippen LogP contribution in [0.2, 0.25) is 0 Å². The maximum absolute atomic E-state index is 12.1. The molecule has 1 aliphatic heterocycles. The third-order valence-corrected chi connectivity index (χ3v) is 4.99. The lowest BCUT2D eigenvalue weighted by Crippen LogP contribution is -2.31. The lowest BCUT2D eigenvalue weighted by molar-refractivity contribution is -0.130. The third kappa shape index (κ3) is 2.86. The van der Waals surface area contributed by atoms with E-state index in [0.717, 1.165) is 32.4 Å². The highest BCUT2D eigenvalue weighted by Crippen LogP contribution is 2.26. The number of hydrogen-bond donors (Lipinski definition) is 1. The minimum atomic E-state index is 0.180. The molecule has 1 saturated heterocycles. The van der Waals surface area contributed by atoms with Gasteiger partial charge in [0.15, 0.2) is 0 Å². The van der Waals surface area contributed by atoms with Crippen molar-refractivity contribution in [1.82, 2.24) is 4.90 Å². The molecular weight excluding hydrogens is 268 g/mol. The molecule has 3 nitrogen and oxygen atoms in total. The van der Waals surface area contributed by atoms with Crippen molar-refractivity contribution in [3.05, 3.63) is 35.2 Å². The van der Waals surface area contributed by atoms with Crippen molar-refractivity contribution in [2.45, 2.75) is 31.7 Å². The van der Waals surface area contributed by atoms with Crippen molar-refractivity contribution >= 4 is 27.3 Å². The molecule has 2 heterocycles. The number of nitrogens with zero attached hydrogens (tertiary/aromatic N) is 1. The van der Waals surface area contributed by atoms with Gasteiger partial charge in [0.25, 0.3) is 0 Å². The standard InChI is InChI=1S/C16H20N2OS/c17-13-8-9-18(10-13)16(19)7-3-4-12-11-20-15-6-2-1-5-14(12)15/h1-2,5-6,11,13H,3-4,7-10,17H2/t13-/m1/s1. The molecule has 3 rings (SSSR count). The Balaban J connectivity index is 1.54. The van der Waals surface area contributed by atoms with E-state index in [0.29, 0.717) is 6.42 Å². The molecule has 0 saturated carbocycles. The molecule has 106 valence electrons. The molecule has 1 aliphatic rings. The van der Waals surface area contributed by atoms with E-state index in [1.54, 1.807) is 11.3 Å². The molecule has 0 bridgehead atoms. The highest BCUT2D eigenvalue weighted by molar-refractivity contribution is 7.17. The maximum Gasteiger partial charge on any atom is 0.222 e. The van der Waals surface area contributed by atoms with E-state index in [-0.39, 0.29) is 11.9 Å². The quantitative estimate of drug-likeness (QED) is 0.940. The van der Waals surface area contributed by atoms with Crippen LogP contribution in [0.25, 0.3) is 10.1 Å². The zero-order chi connectivity index (χ0) is 13.9. The van der Waals surface area contributed by atoms with Crippen molar-refractivity contribution in [3.63, 3.8) is 0 Å². The van der Waals surface area contributed by atoms with Gasteiger partial charge in [0.05, 0.1) is 0 Å². The first-order chi connectivity index (χ1) is 9.74. The molecule has 1 fully saturated rings. The Morgan fingerprint density at radius 2 is 2.25 bits per heavy atom. The Morgan fingerprint density at radius 3 is 3.05 bits per heavy atom. The van der Waals surface area contributed by atoms with Gasteiger partial charge in [0.1, 0.15) is 0 Å². The Kier molecular flexibility index (Phi) is 4.03. The lowest BCUT2D eigenvalue weighted by atomic mass is 10.1. The van der Waals surface area contributed by atoms with E-state index in [2.05, 4.69) is 29.6 Å². The normalized spacial score (nSPS) is 18.9. The predicted molar refractivity (Wildman–Crippen MR) is 83.9 cm³/mol. The smallest absolute Gasteiger partial charge is 0.222 e. The summed E-state index contributed by atoms with van der Waals surface area (Å²) in [5.74, 6) is 0.262. The van der Waals surface area contributed by atoms with Crippen molar-refractivity contribution in [3.8, 4) is 0 Å². The van der Waals surface area contributed by atoms with Gasteiger partial charge >= 0.3 is 0 Å². The molecule has 1 aromatic heterocycles. The van der Waals surface area contributed by atoms with Gasteiger partial charge in [-0.25, -0.2) is 0 Å². The van der Waals surface area contributed by atoms with Gasteiger partial charge in [-0.3, -0.25) is 4.79 Å². The molecule has 0 radical (unpaired) electrons. The average molecular weight is 288 g/mol. The van der Waals surface area contributed by atoms with E-state index < -0.39 is 0 Å². The molecule has 2 aromatic rings. The van der Waals surface area contributed by atoms with E-state index in [9.17, 15) is 4.79 Å². The van der Waals surface area contributed by atoms with Crippen LogP contribution in [0.4, 0.5) is 0 Å². The van der Waals surface area contributed by atoms with Gasteiger partial charge in [-0.2, -0.15) is 0 Å². The highest BCUT2D eigenvalue weighted by atomic mass is 32.1. The maximum atomic E-state index is 12.1. The van der Waals surface area contributed by atoms with Gasteiger partial charge in [-0.15, -0.1) is 11.3 Å². The number of amides is 1.